The van der Waals surface area contributed by atoms with Gasteiger partial charge in [0.05, 0.1) is 31.1 Å². The first kappa shape index (κ1) is 16.8. The molecule has 0 spiro atoms. The minimum Gasteiger partial charge on any atom is -0.502 e. The lowest BCUT2D eigenvalue weighted by atomic mass is 10.2. The number of carbonyl (C=O) groups excluding carboxylic acids is 1. The number of amides is 1. The number of phenols is 1. The van der Waals surface area contributed by atoms with E-state index in [0.717, 1.165) is 0 Å². The number of hydrogen-bond acceptors (Lipinski definition) is 6. The van der Waals surface area contributed by atoms with Gasteiger partial charge in [-0.3, -0.25) is 9.48 Å². The molecule has 122 valence electrons. The van der Waals surface area contributed by atoms with E-state index in [1.165, 1.54) is 31.3 Å². The molecule has 2 rings (SSSR count). The van der Waals surface area contributed by atoms with Gasteiger partial charge in [0.25, 0.3) is 5.91 Å². The van der Waals surface area contributed by atoms with Gasteiger partial charge in [0.1, 0.15) is 5.69 Å². The molecule has 1 heterocycles. The number of aromatic nitrogens is 2. The molecule has 0 aliphatic heterocycles. The fraction of sp³-hybridized carbons (Fsp3) is 0.214. The van der Waals surface area contributed by atoms with Gasteiger partial charge in [-0.25, -0.2) is 5.43 Å². The molecule has 0 saturated carbocycles. The number of nitrogens with zero attached hydrogens (tertiary/aromatic N) is 3. The summed E-state index contributed by atoms with van der Waals surface area (Å²) in [5.41, 5.74) is 3.33. The van der Waals surface area contributed by atoms with Crippen LogP contribution in [0.3, 0.4) is 0 Å². The van der Waals surface area contributed by atoms with Crippen molar-refractivity contribution < 1.29 is 19.4 Å². The van der Waals surface area contributed by atoms with E-state index in [0.29, 0.717) is 15.7 Å². The molecular formula is C14H15BrN4O4. The summed E-state index contributed by atoms with van der Waals surface area (Å²) in [5.74, 6) is -0.0288. The highest BCUT2D eigenvalue weighted by Crippen LogP contribution is 2.36. The molecule has 0 unspecified atom stereocenters. The molecule has 0 aliphatic carbocycles. The monoisotopic (exact) mass is 382 g/mol. The number of hydrogen-bond donors (Lipinski definition) is 2. The molecule has 0 bridgehead atoms. The fourth-order valence-electron chi connectivity index (χ4n) is 1.87. The van der Waals surface area contributed by atoms with Gasteiger partial charge in [0, 0.05) is 12.6 Å². The highest BCUT2D eigenvalue weighted by Gasteiger charge is 2.14. The minimum atomic E-state index is -0.411. The van der Waals surface area contributed by atoms with E-state index in [-0.39, 0.29) is 17.2 Å². The molecule has 0 saturated heterocycles. The lowest BCUT2D eigenvalue weighted by Crippen LogP contribution is -2.21. The zero-order chi connectivity index (χ0) is 17.0. The number of aromatic hydroxyl groups is 1. The van der Waals surface area contributed by atoms with Crippen molar-refractivity contribution in [2.45, 2.75) is 0 Å². The van der Waals surface area contributed by atoms with E-state index >= 15 is 0 Å². The highest BCUT2D eigenvalue weighted by molar-refractivity contribution is 9.10. The van der Waals surface area contributed by atoms with E-state index in [4.69, 9.17) is 9.47 Å². The lowest BCUT2D eigenvalue weighted by molar-refractivity contribution is 0.0945. The summed E-state index contributed by atoms with van der Waals surface area (Å²) in [6.45, 7) is 0. The summed E-state index contributed by atoms with van der Waals surface area (Å²) in [4.78, 5) is 12.0. The molecule has 9 heteroatoms. The van der Waals surface area contributed by atoms with E-state index in [1.54, 1.807) is 19.2 Å². The molecule has 0 fully saturated rings. The maximum Gasteiger partial charge on any atom is 0.290 e. The summed E-state index contributed by atoms with van der Waals surface area (Å²) >= 11 is 3.24. The average molecular weight is 383 g/mol. The smallest absolute Gasteiger partial charge is 0.290 e. The fourth-order valence-corrected chi connectivity index (χ4v) is 2.40. The van der Waals surface area contributed by atoms with Crippen LogP contribution in [0, 0.1) is 0 Å². The maximum atomic E-state index is 12.0. The van der Waals surface area contributed by atoms with E-state index in [1.807, 2.05) is 0 Å². The molecule has 2 N–H and O–H groups in total. The van der Waals surface area contributed by atoms with Crippen molar-refractivity contribution in [1.82, 2.24) is 15.2 Å². The zero-order valence-electron chi connectivity index (χ0n) is 12.7. The number of phenolic OH excluding ortho intramolecular Hbond substituents is 1. The van der Waals surface area contributed by atoms with Crippen LogP contribution in [0.4, 0.5) is 0 Å². The molecule has 8 nitrogen and oxygen atoms in total. The van der Waals surface area contributed by atoms with Gasteiger partial charge >= 0.3 is 0 Å². The topological polar surface area (TPSA) is 98.0 Å². The van der Waals surface area contributed by atoms with Crippen molar-refractivity contribution in [3.8, 4) is 17.2 Å². The SMILES string of the molecule is COc1cc(C=NNC(=O)c2c(Br)cnn2C)cc(OC)c1O. The summed E-state index contributed by atoms with van der Waals surface area (Å²) < 4.78 is 12.1. The quantitative estimate of drug-likeness (QED) is 0.605. The van der Waals surface area contributed by atoms with Gasteiger partial charge in [0.15, 0.2) is 11.5 Å². The summed E-state index contributed by atoms with van der Waals surface area (Å²) in [6.07, 6.45) is 2.93. The number of halogens is 1. The molecule has 1 amide bonds. The standard InChI is InChI=1S/C14H15BrN4O4/c1-19-12(9(15)7-17-19)14(21)18-16-6-8-4-10(22-2)13(20)11(5-8)23-3/h4-7,20H,1-3H3,(H,18,21). The van der Waals surface area contributed by atoms with Crippen molar-refractivity contribution in [3.05, 3.63) is 34.1 Å². The number of ether oxygens (including phenoxy) is 2. The van der Waals surface area contributed by atoms with Gasteiger partial charge in [-0.2, -0.15) is 10.2 Å². The van der Waals surface area contributed by atoms with E-state index < -0.39 is 5.91 Å². The number of methoxy groups -OCH3 is 2. The number of hydrazone groups is 1. The van der Waals surface area contributed by atoms with E-state index in [9.17, 15) is 9.90 Å². The summed E-state index contributed by atoms with van der Waals surface area (Å²) in [6, 6.07) is 3.13. The van der Waals surface area contributed by atoms with Crippen molar-refractivity contribution in [1.29, 1.82) is 0 Å². The molecule has 0 radical (unpaired) electrons. The Morgan fingerprint density at radius 2 is 2.00 bits per heavy atom. The van der Waals surface area contributed by atoms with Crippen LogP contribution in [0.25, 0.3) is 0 Å². The Hall–Kier alpha value is -2.55. The Morgan fingerprint density at radius 3 is 2.48 bits per heavy atom. The first-order valence-electron chi connectivity index (χ1n) is 6.43. The second-order valence-corrected chi connectivity index (χ2v) is 5.29. The van der Waals surface area contributed by atoms with Crippen molar-refractivity contribution in [3.63, 3.8) is 0 Å². The third kappa shape index (κ3) is 3.62. The lowest BCUT2D eigenvalue weighted by Gasteiger charge is -2.09. The molecule has 23 heavy (non-hydrogen) atoms. The Labute approximate surface area is 140 Å². The number of carbonyl (C=O) groups is 1. The highest BCUT2D eigenvalue weighted by atomic mass is 79.9. The van der Waals surface area contributed by atoms with Gasteiger partial charge in [-0.15, -0.1) is 0 Å². The van der Waals surface area contributed by atoms with Crippen LogP contribution in [0.1, 0.15) is 16.1 Å². The van der Waals surface area contributed by atoms with Crippen LogP contribution in [-0.4, -0.2) is 41.2 Å². The number of benzene rings is 1. The van der Waals surface area contributed by atoms with Crippen molar-refractivity contribution in [2.75, 3.05) is 14.2 Å². The van der Waals surface area contributed by atoms with Crippen molar-refractivity contribution >= 4 is 28.1 Å². The third-order valence-electron chi connectivity index (χ3n) is 2.99. The van der Waals surface area contributed by atoms with E-state index in [2.05, 4.69) is 31.6 Å². The van der Waals surface area contributed by atoms with Crippen LogP contribution in [0.15, 0.2) is 27.9 Å². The molecule has 0 atom stereocenters. The third-order valence-corrected chi connectivity index (χ3v) is 3.57. The predicted octanol–water partition coefficient (Wildman–Crippen LogP) is 1.67. The summed E-state index contributed by atoms with van der Waals surface area (Å²) in [7, 11) is 4.51. The van der Waals surface area contributed by atoms with Crippen LogP contribution in [0.5, 0.6) is 17.2 Å². The average Bonchev–Trinajstić information content (AvgIpc) is 2.87. The van der Waals surface area contributed by atoms with Crippen LogP contribution < -0.4 is 14.9 Å². The number of aryl methyl sites for hydroxylation is 1. The first-order chi connectivity index (χ1) is 11.0. The van der Waals surface area contributed by atoms with Gasteiger partial charge in [0.2, 0.25) is 5.75 Å². The van der Waals surface area contributed by atoms with Crippen LogP contribution >= 0.6 is 15.9 Å². The second-order valence-electron chi connectivity index (χ2n) is 4.44. The Balaban J connectivity index is 2.16. The Morgan fingerprint density at radius 1 is 1.39 bits per heavy atom. The first-order valence-corrected chi connectivity index (χ1v) is 7.23. The van der Waals surface area contributed by atoms with Gasteiger partial charge < -0.3 is 14.6 Å². The molecule has 1 aromatic carbocycles. The summed E-state index contributed by atoms with van der Waals surface area (Å²) in [5, 5.41) is 17.7. The van der Waals surface area contributed by atoms with Gasteiger partial charge in [-0.05, 0) is 28.1 Å². The minimum absolute atomic E-state index is 0.102. The van der Waals surface area contributed by atoms with Crippen molar-refractivity contribution in [2.24, 2.45) is 12.1 Å². The molecule has 1 aromatic heterocycles. The normalized spacial score (nSPS) is 10.8. The van der Waals surface area contributed by atoms with Gasteiger partial charge in [-0.1, -0.05) is 0 Å². The largest absolute Gasteiger partial charge is 0.502 e. The molecule has 2 aromatic rings. The zero-order valence-corrected chi connectivity index (χ0v) is 14.3. The van der Waals surface area contributed by atoms with Crippen LogP contribution in [-0.2, 0) is 7.05 Å². The van der Waals surface area contributed by atoms with Crippen LogP contribution in [0.2, 0.25) is 0 Å². The predicted molar refractivity (Wildman–Crippen MR) is 87.2 cm³/mol. The Kier molecular flexibility index (Phi) is 5.22. The second kappa shape index (κ2) is 7.14. The maximum absolute atomic E-state index is 12.0. The molecular weight excluding hydrogens is 368 g/mol. The molecule has 0 aliphatic rings. The Bertz CT molecular complexity index is 713. The number of nitrogens with one attached hydrogen (secondary N) is 1. The number of rotatable bonds is 5.